The number of nitrogens with one attached hydrogen (secondary N) is 2. The van der Waals surface area contributed by atoms with Crippen LogP contribution in [0.4, 0.5) is 0 Å². The summed E-state index contributed by atoms with van der Waals surface area (Å²) in [5.41, 5.74) is 5.68. The fraction of sp³-hybridized carbons (Fsp3) is 0.677. The maximum absolute atomic E-state index is 12.2. The molecule has 0 aromatic heterocycles. The fourth-order valence-electron chi connectivity index (χ4n) is 3.96. The number of nitrogens with two attached hydrogens (primary N) is 1. The van der Waals surface area contributed by atoms with E-state index in [1.807, 2.05) is 6.92 Å². The molecule has 1 fully saturated rings. The van der Waals surface area contributed by atoms with Crippen molar-refractivity contribution in [1.82, 2.24) is 10.6 Å². The Bertz CT molecular complexity index is 1100. The molecule has 0 spiro atoms. The van der Waals surface area contributed by atoms with Gasteiger partial charge >= 0.3 is 0 Å². The number of carbonyl (C=O) groups is 2. The Labute approximate surface area is 286 Å². The van der Waals surface area contributed by atoms with Gasteiger partial charge in [0.25, 0.3) is 13.2 Å². The summed E-state index contributed by atoms with van der Waals surface area (Å²) >= 11 is 1.70. The van der Waals surface area contributed by atoms with Crippen LogP contribution in [0.15, 0.2) is 24.3 Å². The molecule has 15 heteroatoms. The van der Waals surface area contributed by atoms with Gasteiger partial charge in [-0.15, -0.1) is 11.8 Å². The lowest BCUT2D eigenvalue weighted by atomic mass is 9.71. The highest BCUT2D eigenvalue weighted by atomic mass is 33.1. The third-order valence-electron chi connectivity index (χ3n) is 6.00. The monoisotopic (exact) mass is 698 g/mol. The zero-order valence-corrected chi connectivity index (χ0v) is 29.9. The van der Waals surface area contributed by atoms with Crippen molar-refractivity contribution in [2.24, 2.45) is 5.73 Å². The molecule has 46 heavy (non-hydrogen) atoms. The lowest BCUT2D eigenvalue weighted by molar-refractivity contribution is -0.126. The summed E-state index contributed by atoms with van der Waals surface area (Å²) in [5, 5.41) is 15.1. The molecule has 2 amide bonds. The van der Waals surface area contributed by atoms with Gasteiger partial charge in [0, 0.05) is 29.4 Å². The number of aliphatic hydroxyl groups excluding tert-OH is 1. The number of hydrogen-bond donors (Lipinski definition) is 4. The number of hydrogen-bond acceptors (Lipinski definition) is 12. The quantitative estimate of drug-likeness (QED) is 0.0492. The topological polar surface area (TPSA) is 151 Å². The third kappa shape index (κ3) is 17.5. The molecule has 0 bridgehead atoms. The lowest BCUT2D eigenvalue weighted by Crippen LogP contribution is -2.30. The Morgan fingerprint density at radius 1 is 1.26 bits per heavy atom. The summed E-state index contributed by atoms with van der Waals surface area (Å²) in [6.07, 6.45) is 0.0690. The Hall–Kier alpha value is -1.61. The van der Waals surface area contributed by atoms with Crippen LogP contribution in [-0.4, -0.2) is 116 Å². The largest absolute Gasteiger partial charge is 0.490 e. The predicted molar refractivity (Wildman–Crippen MR) is 188 cm³/mol. The van der Waals surface area contributed by atoms with Crippen LogP contribution < -0.4 is 21.1 Å². The van der Waals surface area contributed by atoms with Crippen molar-refractivity contribution in [1.29, 1.82) is 0 Å². The van der Waals surface area contributed by atoms with Crippen LogP contribution in [-0.2, 0) is 23.7 Å². The molecule has 0 aliphatic carbocycles. The Kier molecular flexibility index (Phi) is 20.2. The van der Waals surface area contributed by atoms with Gasteiger partial charge in [-0.3, -0.25) is 9.59 Å². The minimum absolute atomic E-state index is 0.0114. The van der Waals surface area contributed by atoms with Crippen molar-refractivity contribution in [3.8, 4) is 17.5 Å². The predicted octanol–water partition coefficient (Wildman–Crippen LogP) is 2.67. The summed E-state index contributed by atoms with van der Waals surface area (Å²) in [7, 11) is 4.97. The first kappa shape index (κ1) is 40.6. The van der Waals surface area contributed by atoms with Crippen molar-refractivity contribution < 1.29 is 38.4 Å². The summed E-state index contributed by atoms with van der Waals surface area (Å²) in [6.45, 7) is 11.9. The first-order chi connectivity index (χ1) is 22.0. The summed E-state index contributed by atoms with van der Waals surface area (Å²) in [6, 6.07) is 6.72. The van der Waals surface area contributed by atoms with Crippen molar-refractivity contribution in [3.05, 3.63) is 29.8 Å². The van der Waals surface area contributed by atoms with Crippen molar-refractivity contribution in [2.75, 3.05) is 58.4 Å². The zero-order valence-electron chi connectivity index (χ0n) is 27.5. The first-order valence-corrected chi connectivity index (χ1v) is 18.7. The van der Waals surface area contributed by atoms with Crippen molar-refractivity contribution >= 4 is 52.4 Å². The Morgan fingerprint density at radius 3 is 2.78 bits per heavy atom. The number of carbonyl (C=O) groups excluding carboxylic acids is 2. The van der Waals surface area contributed by atoms with Gasteiger partial charge in [-0.25, -0.2) is 0 Å². The molecule has 5 atom stereocenters. The highest BCUT2D eigenvalue weighted by Crippen LogP contribution is 2.38. The second-order valence-electron chi connectivity index (χ2n) is 11.1. The molecular weight excluding hydrogens is 649 g/mol. The van der Waals surface area contributed by atoms with E-state index in [2.05, 4.69) is 50.1 Å². The number of amides is 2. The van der Waals surface area contributed by atoms with E-state index in [0.717, 1.165) is 5.75 Å². The molecule has 257 valence electrons. The van der Waals surface area contributed by atoms with Gasteiger partial charge in [-0.2, -0.15) is 5.82 Å². The highest BCUT2D eigenvalue weighted by Gasteiger charge is 2.36. The minimum atomic E-state index is -0.374. The molecule has 1 aromatic rings. The van der Waals surface area contributed by atoms with Crippen LogP contribution in [0.2, 0.25) is 0 Å². The molecule has 1 aliphatic heterocycles. The minimum Gasteiger partial charge on any atom is -0.490 e. The van der Waals surface area contributed by atoms with E-state index in [0.29, 0.717) is 30.8 Å². The molecule has 1 aromatic carbocycles. The van der Waals surface area contributed by atoms with E-state index in [9.17, 15) is 14.7 Å². The van der Waals surface area contributed by atoms with Crippen LogP contribution in [0.25, 0.3) is 0 Å². The van der Waals surface area contributed by atoms with E-state index < -0.39 is 0 Å². The summed E-state index contributed by atoms with van der Waals surface area (Å²) < 4.78 is 29.3. The first-order valence-electron chi connectivity index (χ1n) is 15.4. The number of aliphatic hydroxyl groups is 1. The van der Waals surface area contributed by atoms with Crippen LogP contribution in [0.5, 0.6) is 5.75 Å². The summed E-state index contributed by atoms with van der Waals surface area (Å²) in [4.78, 5) is 24.4. The Morgan fingerprint density at radius 2 is 2.07 bits per heavy atom. The number of rotatable bonds is 21. The Balaban J connectivity index is 1.68. The van der Waals surface area contributed by atoms with E-state index in [4.69, 9.17) is 29.4 Å². The number of ether oxygens (including phenoxy) is 5. The average molecular weight is 699 g/mol. The number of benzene rings is 1. The molecule has 1 aliphatic rings. The van der Waals surface area contributed by atoms with Gasteiger partial charge in [0.15, 0.2) is 0 Å². The summed E-state index contributed by atoms with van der Waals surface area (Å²) in [5.74, 6) is 6.83. The third-order valence-corrected chi connectivity index (χ3v) is 10.4. The fourth-order valence-corrected chi connectivity index (χ4v) is 6.84. The zero-order chi connectivity index (χ0) is 33.8. The van der Waals surface area contributed by atoms with Crippen LogP contribution in [0.3, 0.4) is 0 Å². The molecule has 2 unspecified atom stereocenters. The van der Waals surface area contributed by atoms with Crippen molar-refractivity contribution in [2.45, 2.75) is 74.9 Å². The van der Waals surface area contributed by atoms with Crippen LogP contribution in [0, 0.1) is 11.7 Å². The maximum Gasteiger partial charge on any atom is 0.251 e. The molecular formula is C31H49BN3O8S3. The van der Waals surface area contributed by atoms with Gasteiger partial charge in [0.2, 0.25) is 5.91 Å². The molecule has 5 N–H and O–H groups in total. The van der Waals surface area contributed by atoms with E-state index in [-0.39, 0.29) is 85.2 Å². The van der Waals surface area contributed by atoms with Gasteiger partial charge in [0.1, 0.15) is 35.9 Å². The van der Waals surface area contributed by atoms with E-state index in [1.54, 1.807) is 64.9 Å². The second kappa shape index (κ2) is 22.9. The molecule has 1 heterocycles. The van der Waals surface area contributed by atoms with Gasteiger partial charge < -0.3 is 45.2 Å². The highest BCUT2D eigenvalue weighted by molar-refractivity contribution is 8.77. The van der Waals surface area contributed by atoms with Crippen molar-refractivity contribution in [3.63, 3.8) is 0 Å². The maximum atomic E-state index is 12.2. The molecule has 1 radical (unpaired) electrons. The van der Waals surface area contributed by atoms with E-state index in [1.165, 1.54) is 0 Å². The average Bonchev–Trinajstić information content (AvgIpc) is 3.41. The van der Waals surface area contributed by atoms with Crippen LogP contribution in [0.1, 0.15) is 51.4 Å². The SMILES string of the molecule is CCS[C@@H](C)O[C@@H]1C[C@H]([B]C#CCNC(=O)COCCOC(COc2cccc(C(=O)NCCN)c2)SSC(C)(C)C)OC1CO. The van der Waals surface area contributed by atoms with E-state index >= 15 is 0 Å². The molecule has 11 nitrogen and oxygen atoms in total. The molecule has 0 saturated carbocycles. The van der Waals surface area contributed by atoms with Gasteiger partial charge in [0.05, 0.1) is 32.5 Å². The smallest absolute Gasteiger partial charge is 0.251 e. The molecule has 2 rings (SSSR count). The van der Waals surface area contributed by atoms with Gasteiger partial charge in [-0.1, -0.05) is 61.3 Å². The lowest BCUT2D eigenvalue weighted by Gasteiger charge is -2.22. The second-order valence-corrected chi connectivity index (χ2v) is 15.9. The number of thioether (sulfide) groups is 1. The molecule has 1 saturated heterocycles. The normalized spacial score (nSPS) is 19.1. The van der Waals surface area contributed by atoms with Gasteiger partial charge in [-0.05, 0) is 37.3 Å². The standard InChI is InChI=1S/C31H49BN3O8S3/c1-6-44-22(2)42-25-18-27(43-26(25)19-36)32-11-8-13-34-28(37)20-39-15-16-40-29(45-46-31(3,4)5)21-41-24-10-7-9-23(17-24)30(38)35-14-12-33/h7,9-10,17,22,25-27,29,36H,6,12-16,18-21,33H2,1-5H3,(H,34,37)(H,35,38)/t22-,25+,26?,27+,29?/m0/s1. The van der Waals surface area contributed by atoms with Crippen LogP contribution >= 0.6 is 33.3 Å².